The molecule has 35 heavy (non-hydrogen) atoms. The second-order valence-corrected chi connectivity index (χ2v) is 15.7. The lowest BCUT2D eigenvalue weighted by molar-refractivity contribution is -0.197. The van der Waals surface area contributed by atoms with E-state index in [1.165, 1.54) is 38.4 Å². The number of hydrogen-bond acceptors (Lipinski definition) is 3. The summed E-state index contributed by atoms with van der Waals surface area (Å²) < 4.78 is 5.38. The van der Waals surface area contributed by atoms with Gasteiger partial charge in [0.25, 0.3) is 0 Å². The quantitative estimate of drug-likeness (QED) is 0.249. The van der Waals surface area contributed by atoms with Crippen LogP contribution in [0.15, 0.2) is 11.6 Å². The van der Waals surface area contributed by atoms with Crippen molar-refractivity contribution in [3.05, 3.63) is 11.6 Å². The molecular formula is C31H47BrO3. The zero-order chi connectivity index (χ0) is 25.8. The van der Waals surface area contributed by atoms with E-state index in [2.05, 4.69) is 70.5 Å². The van der Waals surface area contributed by atoms with Gasteiger partial charge in [0, 0.05) is 10.7 Å². The zero-order valence-electron chi connectivity index (χ0n) is 23.3. The van der Waals surface area contributed by atoms with Crippen molar-refractivity contribution >= 4 is 27.7 Å². The maximum Gasteiger partial charge on any atom is 0.312 e. The molecule has 3 unspecified atom stereocenters. The van der Waals surface area contributed by atoms with Gasteiger partial charge in [0.1, 0.15) is 0 Å². The molecular weight excluding hydrogens is 500 g/mol. The predicted molar refractivity (Wildman–Crippen MR) is 144 cm³/mol. The van der Waals surface area contributed by atoms with Crippen LogP contribution in [0.2, 0.25) is 0 Å². The molecule has 4 heteroatoms. The molecule has 11 atom stereocenters. The summed E-state index contributed by atoms with van der Waals surface area (Å²) in [5.74, 6) is 2.17. The summed E-state index contributed by atoms with van der Waals surface area (Å²) in [6, 6.07) is 0. The van der Waals surface area contributed by atoms with Gasteiger partial charge in [-0.1, -0.05) is 63.0 Å². The Balaban J connectivity index is 1.64. The summed E-state index contributed by atoms with van der Waals surface area (Å²) >= 11 is 3.88. The van der Waals surface area contributed by atoms with Crippen LogP contribution in [0.25, 0.3) is 0 Å². The SMILES string of the molecule is COC(=O)C1(C)C(Br)CC[C@@]2(C)C1CC[C@]1(C)[C@@H]2C(=O)C=C2[C@@H]3[C@@H](C)[C@H](C)CC[C@]3(C)CC[C@]21C. The molecule has 3 nitrogen and oxygen atoms in total. The van der Waals surface area contributed by atoms with Gasteiger partial charge in [0.05, 0.1) is 12.5 Å². The third-order valence-corrected chi connectivity index (χ3v) is 14.7. The number of carbonyl (C=O) groups is 2. The van der Waals surface area contributed by atoms with Crippen molar-refractivity contribution in [2.75, 3.05) is 7.11 Å². The summed E-state index contributed by atoms with van der Waals surface area (Å²) in [6.07, 6.45) is 11.1. The summed E-state index contributed by atoms with van der Waals surface area (Å²) in [5.41, 5.74) is 0.973. The fourth-order valence-electron chi connectivity index (χ4n) is 10.8. The fraction of sp³-hybridized carbons (Fsp3) is 0.871. The standard InChI is InChI=1S/C31H47BrO3/c1-18-9-12-27(3)15-16-29(5)20(24(27)19(18)2)17-21(33)25-28(4)13-11-23(32)31(7,26(34)35-8)22(28)10-14-30(25,29)6/h17-19,22-25H,9-16H2,1-8H3/t18-,19+,22?,23?,24+,25-,27-,28+,29-,30-,31?/m1/s1. The normalized spacial score (nSPS) is 55.6. The van der Waals surface area contributed by atoms with Crippen molar-refractivity contribution in [1.82, 2.24) is 0 Å². The van der Waals surface area contributed by atoms with E-state index in [1.807, 2.05) is 0 Å². The second-order valence-electron chi connectivity index (χ2n) is 14.6. The fourth-order valence-corrected chi connectivity index (χ4v) is 11.6. The Morgan fingerprint density at radius 1 is 0.971 bits per heavy atom. The number of carbonyl (C=O) groups excluding carboxylic acids is 2. The second kappa shape index (κ2) is 7.93. The van der Waals surface area contributed by atoms with E-state index in [9.17, 15) is 9.59 Å². The summed E-state index contributed by atoms with van der Waals surface area (Å²) in [6.45, 7) is 16.8. The highest BCUT2D eigenvalue weighted by atomic mass is 79.9. The Bertz CT molecular complexity index is 972. The van der Waals surface area contributed by atoms with Crippen LogP contribution in [0.5, 0.6) is 0 Å². The molecule has 0 aromatic carbocycles. The topological polar surface area (TPSA) is 43.4 Å². The first-order valence-corrected chi connectivity index (χ1v) is 15.1. The lowest BCUT2D eigenvalue weighted by atomic mass is 9.33. The Labute approximate surface area is 221 Å². The average Bonchev–Trinajstić information content (AvgIpc) is 2.80. The van der Waals surface area contributed by atoms with Crippen molar-refractivity contribution in [3.63, 3.8) is 0 Å². The molecule has 0 aromatic heterocycles. The van der Waals surface area contributed by atoms with Gasteiger partial charge in [-0.2, -0.15) is 0 Å². The predicted octanol–water partition coefficient (Wildman–Crippen LogP) is 7.76. The molecule has 0 aliphatic heterocycles. The molecule has 196 valence electrons. The number of ether oxygens (including phenoxy) is 1. The number of esters is 1. The number of halogens is 1. The maximum atomic E-state index is 14.4. The van der Waals surface area contributed by atoms with Gasteiger partial charge in [0.2, 0.25) is 0 Å². The van der Waals surface area contributed by atoms with Crippen LogP contribution in [-0.4, -0.2) is 23.7 Å². The van der Waals surface area contributed by atoms with Crippen molar-refractivity contribution < 1.29 is 14.3 Å². The zero-order valence-corrected chi connectivity index (χ0v) is 24.9. The van der Waals surface area contributed by atoms with E-state index in [-0.39, 0.29) is 38.9 Å². The van der Waals surface area contributed by atoms with E-state index in [0.29, 0.717) is 29.0 Å². The van der Waals surface area contributed by atoms with Crippen LogP contribution in [0.4, 0.5) is 0 Å². The average molecular weight is 548 g/mol. The molecule has 0 radical (unpaired) electrons. The Morgan fingerprint density at radius 3 is 2.31 bits per heavy atom. The highest BCUT2D eigenvalue weighted by Gasteiger charge is 2.71. The van der Waals surface area contributed by atoms with E-state index in [1.54, 1.807) is 0 Å². The van der Waals surface area contributed by atoms with Crippen LogP contribution in [0.3, 0.4) is 0 Å². The number of fused-ring (bicyclic) bond motifs is 7. The smallest absolute Gasteiger partial charge is 0.312 e. The number of rotatable bonds is 1. The first kappa shape index (κ1) is 26.0. The van der Waals surface area contributed by atoms with Crippen molar-refractivity contribution in [1.29, 1.82) is 0 Å². The number of ketones is 1. The third kappa shape index (κ3) is 3.07. The Kier molecular flexibility index (Phi) is 5.89. The first-order valence-electron chi connectivity index (χ1n) is 14.2. The van der Waals surface area contributed by atoms with E-state index in [4.69, 9.17) is 4.74 Å². The van der Waals surface area contributed by atoms with Crippen LogP contribution < -0.4 is 0 Å². The Morgan fingerprint density at radius 2 is 1.66 bits per heavy atom. The molecule has 0 spiro atoms. The van der Waals surface area contributed by atoms with Crippen LogP contribution in [0.1, 0.15) is 99.8 Å². The highest BCUT2D eigenvalue weighted by Crippen LogP contribution is 2.75. The largest absolute Gasteiger partial charge is 0.469 e. The number of alkyl halides is 1. The van der Waals surface area contributed by atoms with Gasteiger partial charge in [-0.15, -0.1) is 0 Å². The highest BCUT2D eigenvalue weighted by molar-refractivity contribution is 9.09. The molecule has 4 fully saturated rings. The van der Waals surface area contributed by atoms with Gasteiger partial charge >= 0.3 is 5.97 Å². The lowest BCUT2D eigenvalue weighted by Crippen LogP contribution is -2.67. The molecule has 5 rings (SSSR count). The van der Waals surface area contributed by atoms with E-state index in [0.717, 1.165) is 25.7 Å². The minimum Gasteiger partial charge on any atom is -0.469 e. The van der Waals surface area contributed by atoms with Gasteiger partial charge < -0.3 is 4.74 Å². The molecule has 4 saturated carbocycles. The van der Waals surface area contributed by atoms with Crippen LogP contribution in [0, 0.1) is 56.7 Å². The van der Waals surface area contributed by atoms with E-state index < -0.39 is 5.41 Å². The van der Waals surface area contributed by atoms with Gasteiger partial charge in [-0.05, 0) is 110 Å². The molecule has 0 aromatic rings. The van der Waals surface area contributed by atoms with Gasteiger partial charge in [0.15, 0.2) is 5.78 Å². The molecule has 5 aliphatic carbocycles. The Hall–Kier alpha value is -0.640. The molecule has 0 amide bonds. The molecule has 0 bridgehead atoms. The molecule has 5 aliphatic rings. The maximum absolute atomic E-state index is 14.4. The third-order valence-electron chi connectivity index (χ3n) is 13.3. The molecule has 0 saturated heterocycles. The van der Waals surface area contributed by atoms with Crippen molar-refractivity contribution in [2.24, 2.45) is 56.7 Å². The van der Waals surface area contributed by atoms with Crippen LogP contribution >= 0.6 is 15.9 Å². The van der Waals surface area contributed by atoms with Crippen LogP contribution in [-0.2, 0) is 14.3 Å². The number of methoxy groups -OCH3 is 1. The number of hydrogen-bond donors (Lipinski definition) is 0. The minimum absolute atomic E-state index is 0.0350. The summed E-state index contributed by atoms with van der Waals surface area (Å²) in [4.78, 5) is 27.7. The van der Waals surface area contributed by atoms with E-state index >= 15 is 0 Å². The molecule has 0 heterocycles. The van der Waals surface area contributed by atoms with Crippen molar-refractivity contribution in [2.45, 2.75) is 105 Å². The molecule has 0 N–H and O–H groups in total. The monoisotopic (exact) mass is 546 g/mol. The lowest BCUT2D eigenvalue weighted by Gasteiger charge is -2.70. The summed E-state index contributed by atoms with van der Waals surface area (Å²) in [5, 5.41) is 0. The van der Waals surface area contributed by atoms with Gasteiger partial charge in [-0.3, -0.25) is 9.59 Å². The number of allylic oxidation sites excluding steroid dienone is 2. The van der Waals surface area contributed by atoms with Crippen molar-refractivity contribution in [3.8, 4) is 0 Å². The minimum atomic E-state index is -0.604. The first-order chi connectivity index (χ1) is 16.2. The van der Waals surface area contributed by atoms with Gasteiger partial charge in [-0.25, -0.2) is 0 Å². The summed E-state index contributed by atoms with van der Waals surface area (Å²) in [7, 11) is 1.51.